The molecule has 1 saturated heterocycles. The maximum atomic E-state index is 12.9. The number of benzene rings is 1. The van der Waals surface area contributed by atoms with Crippen LogP contribution in [-0.2, 0) is 11.3 Å². The maximum Gasteiger partial charge on any atom is 0.244 e. The molecular weight excluding hydrogens is 372 g/mol. The smallest absolute Gasteiger partial charge is 0.244 e. The number of carbonyl (C=O) groups is 2. The Kier molecular flexibility index (Phi) is 5.02. The first kappa shape index (κ1) is 18.8. The molecule has 1 aliphatic rings. The number of hydrogen-bond acceptors (Lipinski definition) is 5. The van der Waals surface area contributed by atoms with Crippen molar-refractivity contribution in [1.29, 1.82) is 0 Å². The number of aryl methyl sites for hydroxylation is 1. The molecule has 1 aliphatic heterocycles. The molecule has 6 nitrogen and oxygen atoms in total. The lowest BCUT2D eigenvalue weighted by Gasteiger charge is -2.32. The first-order chi connectivity index (χ1) is 13.4. The highest BCUT2D eigenvalue weighted by Gasteiger charge is 2.28. The molecule has 3 heterocycles. The van der Waals surface area contributed by atoms with E-state index in [0.29, 0.717) is 17.8 Å². The third-order valence-corrected chi connectivity index (χ3v) is 6.65. The minimum absolute atomic E-state index is 0.0115. The Morgan fingerprint density at radius 2 is 2.04 bits per heavy atom. The summed E-state index contributed by atoms with van der Waals surface area (Å²) >= 11 is 1.73. The van der Waals surface area contributed by atoms with Gasteiger partial charge in [-0.25, -0.2) is 4.98 Å². The van der Waals surface area contributed by atoms with Crippen LogP contribution in [-0.4, -0.2) is 44.4 Å². The Balaban J connectivity index is 1.49. The number of aromatic nitrogens is 3. The number of likely N-dealkylation sites (tertiary alicyclic amines) is 1. The van der Waals surface area contributed by atoms with Gasteiger partial charge in [-0.15, -0.1) is 11.3 Å². The van der Waals surface area contributed by atoms with Crippen molar-refractivity contribution in [1.82, 2.24) is 19.7 Å². The molecule has 0 radical (unpaired) electrons. The van der Waals surface area contributed by atoms with Gasteiger partial charge in [0.2, 0.25) is 5.91 Å². The molecule has 0 spiro atoms. The first-order valence-electron chi connectivity index (χ1n) is 9.62. The monoisotopic (exact) mass is 396 g/mol. The Bertz CT molecular complexity index is 1020. The zero-order valence-electron chi connectivity index (χ0n) is 16.4. The fourth-order valence-electron chi connectivity index (χ4n) is 4.06. The summed E-state index contributed by atoms with van der Waals surface area (Å²) in [6.07, 6.45) is 2.03. The lowest BCUT2D eigenvalue weighted by Crippen LogP contribution is -2.41. The van der Waals surface area contributed by atoms with Crippen LogP contribution in [0.25, 0.3) is 10.2 Å². The van der Waals surface area contributed by atoms with Gasteiger partial charge in [-0.3, -0.25) is 14.3 Å². The van der Waals surface area contributed by atoms with Crippen LogP contribution in [0.4, 0.5) is 0 Å². The second-order valence-electron chi connectivity index (χ2n) is 7.46. The summed E-state index contributed by atoms with van der Waals surface area (Å²) in [6, 6.07) is 8.17. The predicted octanol–water partition coefficient (Wildman–Crippen LogP) is 3.72. The van der Waals surface area contributed by atoms with E-state index in [1.54, 1.807) is 16.0 Å². The van der Waals surface area contributed by atoms with E-state index in [-0.39, 0.29) is 24.2 Å². The largest absolute Gasteiger partial charge is 0.340 e. The van der Waals surface area contributed by atoms with Crippen molar-refractivity contribution in [2.24, 2.45) is 0 Å². The fraction of sp³-hybridized carbons (Fsp3) is 0.429. The van der Waals surface area contributed by atoms with Gasteiger partial charge in [0, 0.05) is 24.7 Å². The fourth-order valence-corrected chi connectivity index (χ4v) is 5.15. The zero-order chi connectivity index (χ0) is 19.8. The summed E-state index contributed by atoms with van der Waals surface area (Å²) in [5, 5.41) is 5.52. The number of nitrogens with zero attached hydrogens (tertiary/aromatic N) is 4. The van der Waals surface area contributed by atoms with E-state index < -0.39 is 0 Å². The number of Topliss-reactive ketones (excluding diaryl/α,β-unsaturated/α-hetero) is 1. The van der Waals surface area contributed by atoms with Gasteiger partial charge >= 0.3 is 0 Å². The van der Waals surface area contributed by atoms with Crippen LogP contribution < -0.4 is 0 Å². The normalized spacial score (nSPS) is 17.2. The minimum atomic E-state index is -0.0115. The average molecular weight is 397 g/mol. The van der Waals surface area contributed by atoms with Gasteiger partial charge in [-0.2, -0.15) is 5.10 Å². The molecule has 7 heteroatoms. The second kappa shape index (κ2) is 7.47. The molecule has 28 heavy (non-hydrogen) atoms. The number of amides is 1. The van der Waals surface area contributed by atoms with Crippen LogP contribution in [0.2, 0.25) is 0 Å². The van der Waals surface area contributed by atoms with Crippen molar-refractivity contribution >= 4 is 33.2 Å². The van der Waals surface area contributed by atoms with Crippen LogP contribution >= 0.6 is 11.3 Å². The van der Waals surface area contributed by atoms with Gasteiger partial charge in [0.1, 0.15) is 6.54 Å². The summed E-state index contributed by atoms with van der Waals surface area (Å²) in [7, 11) is 0. The summed E-state index contributed by atoms with van der Waals surface area (Å²) in [4.78, 5) is 31.4. The van der Waals surface area contributed by atoms with Crippen molar-refractivity contribution < 1.29 is 9.59 Å². The molecule has 1 aromatic carbocycles. The molecule has 1 atom stereocenters. The molecule has 1 unspecified atom stereocenters. The van der Waals surface area contributed by atoms with Gasteiger partial charge < -0.3 is 4.90 Å². The third-order valence-electron chi connectivity index (χ3n) is 5.45. The Hall–Kier alpha value is -2.54. The maximum absolute atomic E-state index is 12.9. The summed E-state index contributed by atoms with van der Waals surface area (Å²) in [5.41, 5.74) is 3.10. The lowest BCUT2D eigenvalue weighted by atomic mass is 9.98. The van der Waals surface area contributed by atoms with Crippen LogP contribution in [0.3, 0.4) is 0 Å². The summed E-state index contributed by atoms with van der Waals surface area (Å²) in [6.45, 7) is 6.83. The number of ketones is 1. The van der Waals surface area contributed by atoms with Gasteiger partial charge in [0.15, 0.2) is 5.78 Å². The highest BCUT2D eigenvalue weighted by Crippen LogP contribution is 2.33. The standard InChI is InChI=1S/C21H24N4O2S/c1-13-20(15(3)26)14(2)25(23-13)12-19(27)24-10-6-7-16(11-24)21-22-17-8-4-5-9-18(17)28-21/h4-5,8-9,16H,6-7,10-12H2,1-3H3. The van der Waals surface area contributed by atoms with Crippen molar-refractivity contribution in [3.8, 4) is 0 Å². The first-order valence-corrected chi connectivity index (χ1v) is 10.4. The van der Waals surface area contributed by atoms with Crippen molar-refractivity contribution in [3.63, 3.8) is 0 Å². The predicted molar refractivity (Wildman–Crippen MR) is 110 cm³/mol. The average Bonchev–Trinajstić information content (AvgIpc) is 3.22. The Morgan fingerprint density at radius 3 is 2.75 bits per heavy atom. The van der Waals surface area contributed by atoms with Crippen molar-refractivity contribution in [3.05, 3.63) is 46.2 Å². The quantitative estimate of drug-likeness (QED) is 0.631. The van der Waals surface area contributed by atoms with E-state index in [1.165, 1.54) is 11.6 Å². The number of hydrogen-bond donors (Lipinski definition) is 0. The van der Waals surface area contributed by atoms with Crippen LogP contribution in [0.5, 0.6) is 0 Å². The number of carbonyl (C=O) groups excluding carboxylic acids is 2. The van der Waals surface area contributed by atoms with Gasteiger partial charge in [0.25, 0.3) is 0 Å². The Labute approximate surface area is 168 Å². The lowest BCUT2D eigenvalue weighted by molar-refractivity contribution is -0.133. The molecule has 0 saturated carbocycles. The number of piperidine rings is 1. The highest BCUT2D eigenvalue weighted by molar-refractivity contribution is 7.18. The SMILES string of the molecule is CC(=O)c1c(C)nn(CC(=O)N2CCCC(c3nc4ccccc4s3)C2)c1C. The Morgan fingerprint density at radius 1 is 1.25 bits per heavy atom. The number of thiazole rings is 1. The zero-order valence-corrected chi connectivity index (χ0v) is 17.3. The van der Waals surface area contributed by atoms with Crippen LogP contribution in [0.15, 0.2) is 24.3 Å². The van der Waals surface area contributed by atoms with Crippen molar-refractivity contribution in [2.75, 3.05) is 13.1 Å². The molecule has 146 valence electrons. The van der Waals surface area contributed by atoms with E-state index >= 15 is 0 Å². The topological polar surface area (TPSA) is 68.1 Å². The molecule has 3 aromatic rings. The van der Waals surface area contributed by atoms with Gasteiger partial charge in [-0.1, -0.05) is 12.1 Å². The molecule has 2 aromatic heterocycles. The van der Waals surface area contributed by atoms with Crippen LogP contribution in [0, 0.1) is 13.8 Å². The second-order valence-corrected chi connectivity index (χ2v) is 8.52. The van der Waals surface area contributed by atoms with E-state index in [1.807, 2.05) is 36.9 Å². The number of para-hydroxylation sites is 1. The number of fused-ring (bicyclic) bond motifs is 1. The molecule has 0 aliphatic carbocycles. The minimum Gasteiger partial charge on any atom is -0.340 e. The number of rotatable bonds is 4. The van der Waals surface area contributed by atoms with Crippen molar-refractivity contribution in [2.45, 2.75) is 46.1 Å². The van der Waals surface area contributed by atoms with E-state index in [0.717, 1.165) is 35.6 Å². The summed E-state index contributed by atoms with van der Waals surface area (Å²) in [5.74, 6) is 0.317. The summed E-state index contributed by atoms with van der Waals surface area (Å²) < 4.78 is 2.86. The highest BCUT2D eigenvalue weighted by atomic mass is 32.1. The molecule has 1 fully saturated rings. The molecule has 0 N–H and O–H groups in total. The molecule has 1 amide bonds. The third kappa shape index (κ3) is 3.46. The van der Waals surface area contributed by atoms with E-state index in [9.17, 15) is 9.59 Å². The van der Waals surface area contributed by atoms with E-state index in [2.05, 4.69) is 11.2 Å². The molecule has 0 bridgehead atoms. The van der Waals surface area contributed by atoms with Gasteiger partial charge in [-0.05, 0) is 45.7 Å². The van der Waals surface area contributed by atoms with E-state index in [4.69, 9.17) is 4.98 Å². The van der Waals surface area contributed by atoms with Gasteiger partial charge in [0.05, 0.1) is 26.5 Å². The molecular formula is C21H24N4O2S. The molecule has 4 rings (SSSR count). The van der Waals surface area contributed by atoms with Crippen LogP contribution in [0.1, 0.15) is 52.4 Å².